The molecule has 3 nitrogen and oxygen atoms in total. The summed E-state index contributed by atoms with van der Waals surface area (Å²) < 4.78 is 0. The van der Waals surface area contributed by atoms with Crippen molar-refractivity contribution >= 4 is 28.9 Å². The second kappa shape index (κ2) is 3.74. The van der Waals surface area contributed by atoms with Gasteiger partial charge in [-0.05, 0) is 12.1 Å². The molecular formula is C11H13ClN2O. The van der Waals surface area contributed by atoms with Crippen molar-refractivity contribution in [3.05, 3.63) is 23.2 Å². The van der Waals surface area contributed by atoms with Crippen LogP contribution in [0.5, 0.6) is 0 Å². The number of hydrogen-bond donors (Lipinski definition) is 0. The van der Waals surface area contributed by atoms with Gasteiger partial charge in [0.25, 0.3) is 0 Å². The monoisotopic (exact) mass is 224 g/mol. The molecule has 0 N–H and O–H groups in total. The second-order valence-electron chi connectivity index (χ2n) is 3.73. The molecule has 80 valence electrons. The van der Waals surface area contributed by atoms with Gasteiger partial charge in [-0.2, -0.15) is 0 Å². The first-order valence-corrected chi connectivity index (χ1v) is 5.25. The SMILES string of the molecule is CN1CCC(=O)N(C)c2c(Cl)cccc21. The van der Waals surface area contributed by atoms with Gasteiger partial charge >= 0.3 is 0 Å². The predicted molar refractivity (Wildman–Crippen MR) is 62.7 cm³/mol. The molecule has 0 radical (unpaired) electrons. The molecule has 15 heavy (non-hydrogen) atoms. The molecule has 0 saturated carbocycles. The number of rotatable bonds is 0. The van der Waals surface area contributed by atoms with Crippen molar-refractivity contribution in [3.63, 3.8) is 0 Å². The summed E-state index contributed by atoms with van der Waals surface area (Å²) in [5.74, 6) is 0.105. The van der Waals surface area contributed by atoms with E-state index >= 15 is 0 Å². The fourth-order valence-corrected chi connectivity index (χ4v) is 2.12. The molecule has 1 heterocycles. The van der Waals surface area contributed by atoms with Gasteiger partial charge in [-0.3, -0.25) is 4.79 Å². The third kappa shape index (κ3) is 1.67. The first-order chi connectivity index (χ1) is 7.11. The fraction of sp³-hybridized carbons (Fsp3) is 0.364. The molecule has 2 rings (SSSR count). The summed E-state index contributed by atoms with van der Waals surface area (Å²) in [5.41, 5.74) is 1.82. The lowest BCUT2D eigenvalue weighted by Crippen LogP contribution is -2.25. The van der Waals surface area contributed by atoms with E-state index in [0.717, 1.165) is 17.9 Å². The van der Waals surface area contributed by atoms with Gasteiger partial charge in [-0.1, -0.05) is 17.7 Å². The van der Waals surface area contributed by atoms with Gasteiger partial charge in [0.05, 0.1) is 16.4 Å². The standard InChI is InChI=1S/C11H13ClN2O/c1-13-7-6-10(15)14(2)11-8(12)4-3-5-9(11)13/h3-5H,6-7H2,1-2H3. The van der Waals surface area contributed by atoms with Crippen molar-refractivity contribution < 1.29 is 4.79 Å². The Hall–Kier alpha value is -1.22. The molecule has 4 heteroatoms. The lowest BCUT2D eigenvalue weighted by molar-refractivity contribution is -0.118. The van der Waals surface area contributed by atoms with E-state index in [2.05, 4.69) is 4.90 Å². The Morgan fingerprint density at radius 2 is 2.07 bits per heavy atom. The molecule has 1 aliphatic rings. The van der Waals surface area contributed by atoms with E-state index in [1.807, 2.05) is 25.2 Å². The molecule has 0 bridgehead atoms. The molecule has 0 aliphatic carbocycles. The van der Waals surface area contributed by atoms with Crippen LogP contribution in [-0.2, 0) is 4.79 Å². The van der Waals surface area contributed by atoms with E-state index in [4.69, 9.17) is 11.6 Å². The van der Waals surface area contributed by atoms with E-state index < -0.39 is 0 Å². The van der Waals surface area contributed by atoms with Crippen LogP contribution < -0.4 is 9.80 Å². The molecule has 0 saturated heterocycles. The van der Waals surface area contributed by atoms with Gasteiger partial charge in [0.1, 0.15) is 0 Å². The van der Waals surface area contributed by atoms with Crippen LogP contribution in [0, 0.1) is 0 Å². The third-order valence-corrected chi connectivity index (χ3v) is 3.05. The van der Waals surface area contributed by atoms with E-state index in [-0.39, 0.29) is 5.91 Å². The number of fused-ring (bicyclic) bond motifs is 1. The molecule has 0 fully saturated rings. The Bertz CT molecular complexity index is 406. The maximum Gasteiger partial charge on any atom is 0.228 e. The first kappa shape index (κ1) is 10.3. The smallest absolute Gasteiger partial charge is 0.228 e. The highest BCUT2D eigenvalue weighted by Gasteiger charge is 2.23. The lowest BCUT2D eigenvalue weighted by Gasteiger charge is -2.22. The van der Waals surface area contributed by atoms with Gasteiger partial charge in [0, 0.05) is 27.1 Å². The molecular weight excluding hydrogens is 212 g/mol. The molecule has 0 atom stereocenters. The van der Waals surface area contributed by atoms with Crippen LogP contribution in [-0.4, -0.2) is 26.5 Å². The Labute approximate surface area is 94.2 Å². The normalized spacial score (nSPS) is 16.3. The minimum absolute atomic E-state index is 0.105. The zero-order valence-electron chi connectivity index (χ0n) is 8.83. The molecule has 0 spiro atoms. The lowest BCUT2D eigenvalue weighted by atomic mass is 10.2. The minimum Gasteiger partial charge on any atom is -0.372 e. The first-order valence-electron chi connectivity index (χ1n) is 4.87. The summed E-state index contributed by atoms with van der Waals surface area (Å²) in [6, 6.07) is 5.70. The van der Waals surface area contributed by atoms with Crippen molar-refractivity contribution in [1.29, 1.82) is 0 Å². The second-order valence-corrected chi connectivity index (χ2v) is 4.14. The maximum absolute atomic E-state index is 11.7. The Kier molecular flexibility index (Phi) is 2.57. The summed E-state index contributed by atoms with van der Waals surface area (Å²) >= 11 is 6.12. The quantitative estimate of drug-likeness (QED) is 0.674. The summed E-state index contributed by atoms with van der Waals surface area (Å²) in [6.45, 7) is 0.733. The van der Waals surface area contributed by atoms with Crippen molar-refractivity contribution in [2.75, 3.05) is 30.4 Å². The van der Waals surface area contributed by atoms with Crippen molar-refractivity contribution in [3.8, 4) is 0 Å². The predicted octanol–water partition coefficient (Wildman–Crippen LogP) is 2.14. The van der Waals surface area contributed by atoms with Gasteiger partial charge in [-0.25, -0.2) is 0 Å². The van der Waals surface area contributed by atoms with E-state index in [1.54, 1.807) is 11.9 Å². The van der Waals surface area contributed by atoms with Gasteiger partial charge < -0.3 is 9.80 Å². The van der Waals surface area contributed by atoms with Crippen LogP contribution in [0.2, 0.25) is 5.02 Å². The number of carbonyl (C=O) groups is 1. The largest absolute Gasteiger partial charge is 0.372 e. The average molecular weight is 225 g/mol. The van der Waals surface area contributed by atoms with Crippen LogP contribution in [0.15, 0.2) is 18.2 Å². The highest BCUT2D eigenvalue weighted by molar-refractivity contribution is 6.34. The summed E-state index contributed by atoms with van der Waals surface area (Å²) in [4.78, 5) is 15.4. The molecule has 1 amide bonds. The number of halogens is 1. The summed E-state index contributed by atoms with van der Waals surface area (Å²) in [6.07, 6.45) is 0.526. The molecule has 0 unspecified atom stereocenters. The van der Waals surface area contributed by atoms with Crippen molar-refractivity contribution in [2.24, 2.45) is 0 Å². The molecule has 1 aromatic carbocycles. The highest BCUT2D eigenvalue weighted by Crippen LogP contribution is 2.37. The molecule has 1 aromatic rings. The summed E-state index contributed by atoms with van der Waals surface area (Å²) in [7, 11) is 3.74. The van der Waals surface area contributed by atoms with Crippen LogP contribution in [0.1, 0.15) is 6.42 Å². The van der Waals surface area contributed by atoms with E-state index in [0.29, 0.717) is 11.4 Å². The number of hydrogen-bond acceptors (Lipinski definition) is 2. The van der Waals surface area contributed by atoms with Crippen LogP contribution >= 0.6 is 11.6 Å². The number of para-hydroxylation sites is 1. The van der Waals surface area contributed by atoms with Gasteiger partial charge in [0.15, 0.2) is 0 Å². The van der Waals surface area contributed by atoms with Gasteiger partial charge in [0.2, 0.25) is 5.91 Å². The number of carbonyl (C=O) groups excluding carboxylic acids is 1. The average Bonchev–Trinajstić information content (AvgIpc) is 2.32. The van der Waals surface area contributed by atoms with Crippen LogP contribution in [0.3, 0.4) is 0 Å². The Morgan fingerprint density at radius 3 is 2.80 bits per heavy atom. The van der Waals surface area contributed by atoms with Crippen LogP contribution in [0.4, 0.5) is 11.4 Å². The van der Waals surface area contributed by atoms with Crippen molar-refractivity contribution in [1.82, 2.24) is 0 Å². The zero-order valence-corrected chi connectivity index (χ0v) is 9.58. The van der Waals surface area contributed by atoms with E-state index in [9.17, 15) is 4.79 Å². The number of anilines is 2. The number of benzene rings is 1. The maximum atomic E-state index is 11.7. The van der Waals surface area contributed by atoms with E-state index in [1.165, 1.54) is 0 Å². The van der Waals surface area contributed by atoms with Crippen LogP contribution in [0.25, 0.3) is 0 Å². The fourth-order valence-electron chi connectivity index (χ4n) is 1.82. The van der Waals surface area contributed by atoms with Crippen molar-refractivity contribution in [2.45, 2.75) is 6.42 Å². The molecule has 0 aromatic heterocycles. The summed E-state index contributed by atoms with van der Waals surface area (Å²) in [5, 5.41) is 0.622. The Morgan fingerprint density at radius 1 is 1.33 bits per heavy atom. The number of nitrogens with zero attached hydrogens (tertiary/aromatic N) is 2. The highest BCUT2D eigenvalue weighted by atomic mass is 35.5. The molecule has 1 aliphatic heterocycles. The van der Waals surface area contributed by atoms with Gasteiger partial charge in [-0.15, -0.1) is 0 Å². The minimum atomic E-state index is 0.105. The zero-order chi connectivity index (χ0) is 11.0. The topological polar surface area (TPSA) is 23.6 Å². The third-order valence-electron chi connectivity index (χ3n) is 2.75. The number of amides is 1. The Balaban J connectivity index is 2.60.